The van der Waals surface area contributed by atoms with Crippen LogP contribution in [0.5, 0.6) is 0 Å². The van der Waals surface area contributed by atoms with E-state index in [9.17, 15) is 0 Å². The first-order chi connectivity index (χ1) is 10.7. The summed E-state index contributed by atoms with van der Waals surface area (Å²) >= 11 is 1.74. The monoisotopic (exact) mass is 484 g/mol. The fourth-order valence-electron chi connectivity index (χ4n) is 2.14. The number of halogens is 2. The Morgan fingerprint density at radius 2 is 1.48 bits per heavy atom. The molecule has 0 aliphatic carbocycles. The van der Waals surface area contributed by atoms with Crippen molar-refractivity contribution in [3.05, 3.63) is 66.2 Å². The Morgan fingerprint density at radius 1 is 0.960 bits per heavy atom. The number of benzene rings is 1. The van der Waals surface area contributed by atoms with Crippen LogP contribution < -0.4 is 30.0 Å². The minimum absolute atomic E-state index is 0. The van der Waals surface area contributed by atoms with Crippen LogP contribution in [0.15, 0.2) is 60.7 Å². The predicted octanol–water partition coefficient (Wildman–Crippen LogP) is -0.390. The van der Waals surface area contributed by atoms with E-state index in [1.165, 1.54) is 16.3 Å². The summed E-state index contributed by atoms with van der Waals surface area (Å²) < 4.78 is 0. The van der Waals surface area contributed by atoms with Gasteiger partial charge < -0.3 is 24.8 Å². The van der Waals surface area contributed by atoms with Gasteiger partial charge in [-0.1, -0.05) is 32.6 Å². The van der Waals surface area contributed by atoms with Crippen LogP contribution in [-0.4, -0.2) is 13.5 Å². The van der Waals surface area contributed by atoms with Crippen LogP contribution in [0.3, 0.4) is 0 Å². The van der Waals surface area contributed by atoms with E-state index in [-0.39, 0.29) is 30.2 Å². The summed E-state index contributed by atoms with van der Waals surface area (Å²) in [5, 5.41) is 4.41. The summed E-state index contributed by atoms with van der Waals surface area (Å²) in [5.74, 6) is 0. The van der Waals surface area contributed by atoms with Gasteiger partial charge >= 0.3 is 41.9 Å². The normalized spacial score (nSPS) is 9.60. The molecule has 0 fully saturated rings. The van der Waals surface area contributed by atoms with Gasteiger partial charge in [-0.05, 0) is 0 Å². The van der Waals surface area contributed by atoms with Crippen LogP contribution in [0.25, 0.3) is 10.8 Å². The molecule has 0 saturated heterocycles. The van der Waals surface area contributed by atoms with Crippen LogP contribution in [0.1, 0.15) is 5.56 Å². The maximum atomic E-state index is 2.40. The molecule has 0 unspecified atom stereocenters. The molecule has 136 valence electrons. The maximum Gasteiger partial charge on any atom is 0.0564 e. The van der Waals surface area contributed by atoms with Crippen molar-refractivity contribution in [2.24, 2.45) is 0 Å². The Morgan fingerprint density at radius 3 is 1.84 bits per heavy atom. The van der Waals surface area contributed by atoms with Crippen molar-refractivity contribution in [1.82, 2.24) is 0 Å². The van der Waals surface area contributed by atoms with E-state index < -0.39 is 8.07 Å². The Hall–Kier alpha value is 0.0769. The van der Waals surface area contributed by atoms with E-state index in [4.69, 9.17) is 0 Å². The molecule has 0 aliphatic heterocycles. The van der Waals surface area contributed by atoms with Crippen LogP contribution in [0.2, 0.25) is 32.7 Å². The van der Waals surface area contributed by atoms with E-state index in [0.29, 0.717) is 0 Å². The quantitative estimate of drug-likeness (QED) is 0.325. The zero-order valence-corrected chi connectivity index (χ0v) is 22.0. The fourth-order valence-corrected chi connectivity index (χ4v) is 3.31. The number of hydrogen-bond acceptors (Lipinski definition) is 0. The standard InChI is InChI=1S/C13H17Si.C5H5.C2H6Si.2ClH.Zr/c1-10-6-5-7-11-8-12(9-13(10)11)14(2,3)4;1-2-4-5-3-1;1-3-2;;;/h5-9H,1-4H3;1-5H;1-2H3;2*1H;/q2*-1;;;;+2/p-2. The molecular weight excluding hydrogens is 459 g/mol. The number of aryl methyl sites for hydroxylation is 1. The predicted molar refractivity (Wildman–Crippen MR) is 107 cm³/mol. The van der Waals surface area contributed by atoms with Crippen molar-refractivity contribution in [2.75, 3.05) is 0 Å². The van der Waals surface area contributed by atoms with Crippen molar-refractivity contribution >= 4 is 29.5 Å². The fraction of sp³-hybridized carbons (Fsp3) is 0.300. The Bertz CT molecular complexity index is 705. The Balaban J connectivity index is 0. The first-order valence-electron chi connectivity index (χ1n) is 8.07. The van der Waals surface area contributed by atoms with Gasteiger partial charge in [-0.3, -0.25) is 0 Å². The molecule has 0 nitrogen and oxygen atoms in total. The zero-order chi connectivity index (χ0) is 17.5. The molecule has 3 aromatic rings. The number of rotatable bonds is 1. The molecule has 0 atom stereocenters. The molecule has 5 heteroatoms. The smallest absolute Gasteiger partial charge is 0.0564 e. The van der Waals surface area contributed by atoms with E-state index in [2.05, 4.69) is 70.0 Å². The van der Waals surface area contributed by atoms with Gasteiger partial charge in [0.05, 0.1) is 8.07 Å². The van der Waals surface area contributed by atoms with Crippen molar-refractivity contribution in [3.63, 3.8) is 0 Å². The van der Waals surface area contributed by atoms with Gasteiger partial charge in [0.25, 0.3) is 0 Å². The third-order valence-electron chi connectivity index (χ3n) is 3.39. The van der Waals surface area contributed by atoms with Crippen LogP contribution in [0, 0.1) is 6.92 Å². The van der Waals surface area contributed by atoms with Crippen LogP contribution in [-0.2, 0) is 23.3 Å². The maximum absolute atomic E-state index is 2.40. The third kappa shape index (κ3) is 10.7. The topological polar surface area (TPSA) is 0 Å². The van der Waals surface area contributed by atoms with Gasteiger partial charge in [0, 0.05) is 0 Å². The molecular formula is C20H28Cl2Si2Zr-2. The molecule has 0 saturated carbocycles. The largest absolute Gasteiger partial charge is 1.00 e. The van der Waals surface area contributed by atoms with Gasteiger partial charge in [-0.25, -0.2) is 12.1 Å². The van der Waals surface area contributed by atoms with Gasteiger partial charge in [0.15, 0.2) is 0 Å². The summed E-state index contributed by atoms with van der Waals surface area (Å²) in [6, 6.07) is 21.3. The molecule has 25 heavy (non-hydrogen) atoms. The zero-order valence-electron chi connectivity index (χ0n) is 16.0. The van der Waals surface area contributed by atoms with E-state index >= 15 is 0 Å². The van der Waals surface area contributed by atoms with E-state index in [0.717, 1.165) is 0 Å². The molecule has 0 aliphatic rings. The minimum Gasteiger partial charge on any atom is -1.00 e. The SMILES string of the molecule is C[Si](C)=[Zr+2].Cc1cccc2cc([Si](C)(C)C)[cH-]c12.[Cl-].[Cl-].c1cc[cH-]c1. The second-order valence-electron chi connectivity index (χ2n) is 7.03. The second-order valence-corrected chi connectivity index (χ2v) is 21.5. The average molecular weight is 487 g/mol. The van der Waals surface area contributed by atoms with Crippen molar-refractivity contribution < 1.29 is 48.1 Å². The van der Waals surface area contributed by atoms with Gasteiger partial charge in [0.2, 0.25) is 0 Å². The molecule has 0 radical (unpaired) electrons. The van der Waals surface area contributed by atoms with E-state index in [1.54, 1.807) is 28.5 Å². The van der Waals surface area contributed by atoms with Gasteiger partial charge in [-0.15, -0.1) is 39.7 Å². The molecule has 0 bridgehead atoms. The van der Waals surface area contributed by atoms with Crippen LogP contribution in [0.4, 0.5) is 0 Å². The van der Waals surface area contributed by atoms with Crippen molar-refractivity contribution in [2.45, 2.75) is 39.7 Å². The summed E-state index contributed by atoms with van der Waals surface area (Å²) in [4.78, 5) is 0. The van der Waals surface area contributed by atoms with Crippen molar-refractivity contribution in [3.8, 4) is 0 Å². The molecule has 0 N–H and O–H groups in total. The van der Waals surface area contributed by atoms with Gasteiger partial charge in [-0.2, -0.15) is 24.3 Å². The van der Waals surface area contributed by atoms with E-state index in [1.807, 2.05) is 30.3 Å². The molecule has 0 amide bonds. The number of fused-ring (bicyclic) bond motifs is 1. The first kappa shape index (κ1) is 27.3. The molecule has 0 heterocycles. The Kier molecular flexibility index (Phi) is 14.5. The summed E-state index contributed by atoms with van der Waals surface area (Å²) in [6.45, 7) is 14.0. The molecule has 0 spiro atoms. The number of hydrogen-bond donors (Lipinski definition) is 0. The first-order valence-corrected chi connectivity index (χ1v) is 17.8. The second kappa shape index (κ2) is 13.3. The summed E-state index contributed by atoms with van der Waals surface area (Å²) in [6.07, 6.45) is 0. The molecule has 3 rings (SSSR count). The summed E-state index contributed by atoms with van der Waals surface area (Å²) in [5.41, 5.74) is 1.61. The van der Waals surface area contributed by atoms with Crippen molar-refractivity contribution in [1.29, 1.82) is 0 Å². The van der Waals surface area contributed by atoms with Gasteiger partial charge in [0.1, 0.15) is 0 Å². The average Bonchev–Trinajstić information content (AvgIpc) is 3.11. The summed E-state index contributed by atoms with van der Waals surface area (Å²) in [7, 11) is -1.14. The minimum atomic E-state index is -1.14. The van der Waals surface area contributed by atoms with Crippen LogP contribution >= 0.6 is 0 Å². The molecule has 3 aromatic carbocycles. The Labute approximate surface area is 182 Å². The molecule has 0 aromatic heterocycles. The third-order valence-corrected chi connectivity index (χ3v) is 5.41.